The second-order valence-corrected chi connectivity index (χ2v) is 19.0. The molecule has 0 aliphatic carbocycles. The zero-order valence-corrected chi connectivity index (χ0v) is 42.3. The first kappa shape index (κ1) is 55.7. The Hall–Kier alpha value is -5.85. The first-order valence-electron chi connectivity index (χ1n) is 24.0. The third-order valence-corrected chi connectivity index (χ3v) is 13.8. The van der Waals surface area contributed by atoms with Gasteiger partial charge in [0.05, 0.1) is 18.1 Å². The fourth-order valence-electron chi connectivity index (χ4n) is 8.35. The van der Waals surface area contributed by atoms with Crippen molar-refractivity contribution in [2.45, 2.75) is 141 Å². The van der Waals surface area contributed by atoms with E-state index in [-0.39, 0.29) is 43.7 Å². The maximum Gasteiger partial charge on any atom is 0.246 e. The predicted octanol–water partition coefficient (Wildman–Crippen LogP) is 2.61. The highest BCUT2D eigenvalue weighted by atomic mass is 35.5. The van der Waals surface area contributed by atoms with Crippen LogP contribution < -0.4 is 37.2 Å². The molecule has 19 heteroatoms. The number of amides is 8. The number of carbonyl (C=O) groups is 8. The van der Waals surface area contributed by atoms with Gasteiger partial charge in [0.2, 0.25) is 47.3 Å². The van der Waals surface area contributed by atoms with Crippen molar-refractivity contribution in [1.82, 2.24) is 51.4 Å². The molecule has 0 saturated carbocycles. The molecule has 2 aliphatic rings. The Bertz CT molecular complexity index is 2130. The van der Waals surface area contributed by atoms with E-state index in [1.807, 2.05) is 102 Å². The molecule has 4 rings (SSSR count). The van der Waals surface area contributed by atoms with Crippen LogP contribution in [0.5, 0.6) is 0 Å². The van der Waals surface area contributed by atoms with E-state index in [1.54, 1.807) is 20.9 Å². The van der Waals surface area contributed by atoms with Crippen LogP contribution in [0.3, 0.4) is 0 Å². The van der Waals surface area contributed by atoms with Crippen molar-refractivity contribution in [1.29, 1.82) is 0 Å². The monoisotopic (exact) mass is 977 g/mol. The fourth-order valence-corrected chi connectivity index (χ4v) is 8.44. The molecule has 2 fully saturated rings. The van der Waals surface area contributed by atoms with Crippen LogP contribution in [0.25, 0.3) is 0 Å². The fraction of sp³-hybridized carbons (Fsp3) is 0.560. The molecule has 0 unspecified atom stereocenters. The van der Waals surface area contributed by atoms with Gasteiger partial charge in [-0.25, -0.2) is 4.42 Å². The summed E-state index contributed by atoms with van der Waals surface area (Å²) in [5.74, 6) is -4.58. The summed E-state index contributed by atoms with van der Waals surface area (Å²) in [6.07, 6.45) is 3.30. The van der Waals surface area contributed by atoms with Crippen molar-refractivity contribution in [3.05, 3.63) is 83.9 Å². The molecule has 12 atom stereocenters. The molecule has 0 spiro atoms. The van der Waals surface area contributed by atoms with E-state index in [4.69, 9.17) is 11.8 Å². The van der Waals surface area contributed by atoms with Gasteiger partial charge < -0.3 is 47.0 Å². The van der Waals surface area contributed by atoms with E-state index in [1.165, 1.54) is 21.3 Å². The molecule has 0 radical (unpaired) electrons. The summed E-state index contributed by atoms with van der Waals surface area (Å²) < 4.78 is 1.21. The Labute approximate surface area is 411 Å². The smallest absolute Gasteiger partial charge is 0.246 e. The molecule has 0 aromatic heterocycles. The summed E-state index contributed by atoms with van der Waals surface area (Å²) in [6, 6.07) is 11.2. The summed E-state index contributed by atoms with van der Waals surface area (Å²) in [4.78, 5) is 113. The van der Waals surface area contributed by atoms with Crippen molar-refractivity contribution < 1.29 is 38.4 Å². The van der Waals surface area contributed by atoms with Gasteiger partial charge in [0.1, 0.15) is 30.2 Å². The average Bonchev–Trinajstić information content (AvgIpc) is 3.97. The minimum Gasteiger partial charge on any atom is -0.348 e. The molecule has 69 heavy (non-hydrogen) atoms. The Balaban J connectivity index is 1.51. The number of nitrogens with zero attached hydrogens (tertiary/aromatic N) is 3. The molecular weight excluding hydrogens is 904 g/mol. The average molecular weight is 978 g/mol. The lowest BCUT2D eigenvalue weighted by atomic mass is 9.97. The number of likely N-dealkylation sites (N-methyl/N-ethyl adjacent to an activating group) is 2. The van der Waals surface area contributed by atoms with Crippen LogP contribution in [0.1, 0.15) is 104 Å². The van der Waals surface area contributed by atoms with Crippen molar-refractivity contribution >= 4 is 59.0 Å². The number of rotatable bonds is 22. The first-order valence-corrected chi connectivity index (χ1v) is 24.3. The van der Waals surface area contributed by atoms with Gasteiger partial charge in [0.15, 0.2) is 0 Å². The van der Waals surface area contributed by atoms with Crippen LogP contribution in [-0.4, -0.2) is 137 Å². The Kier molecular flexibility index (Phi) is 21.2. The third kappa shape index (κ3) is 15.3. The SMILES string of the molecule is CC[C@H](C)[C@H](NC(=O)[C@H](C)NC)C(=O)N1C[C@@H](NC(=O)/C=C/C(=O)N[C@H]2C[C@@H](C(=O)N[C@H](C)c3ccccc3)N(C(=O)[C@@H](NC(=O)[C@H](C)N(C)Cl)[C@@H](C)CC)C2)C[C@H]1C(=O)N[C@H](C)c1ccccc1. The van der Waals surface area contributed by atoms with Crippen LogP contribution >= 0.6 is 11.8 Å². The zero-order valence-electron chi connectivity index (χ0n) is 41.6. The summed E-state index contributed by atoms with van der Waals surface area (Å²) >= 11 is 6.07. The number of halogens is 1. The van der Waals surface area contributed by atoms with E-state index in [9.17, 15) is 38.4 Å². The highest BCUT2D eigenvalue weighted by molar-refractivity contribution is 6.14. The Morgan fingerprint density at radius 2 is 1.00 bits per heavy atom. The molecule has 2 saturated heterocycles. The van der Waals surface area contributed by atoms with Crippen LogP contribution in [-0.2, 0) is 38.4 Å². The molecule has 18 nitrogen and oxygen atoms in total. The number of likely N-dealkylation sites (tertiary alicyclic amines) is 2. The van der Waals surface area contributed by atoms with Gasteiger partial charge in [0.25, 0.3) is 0 Å². The lowest BCUT2D eigenvalue weighted by Crippen LogP contribution is -2.57. The van der Waals surface area contributed by atoms with Crippen molar-refractivity contribution in [3.8, 4) is 0 Å². The highest BCUT2D eigenvalue weighted by Gasteiger charge is 2.45. The van der Waals surface area contributed by atoms with Crippen LogP contribution in [0.2, 0.25) is 0 Å². The molecule has 378 valence electrons. The largest absolute Gasteiger partial charge is 0.348 e. The van der Waals surface area contributed by atoms with Crippen LogP contribution in [0.15, 0.2) is 72.8 Å². The van der Waals surface area contributed by atoms with E-state index < -0.39 is 102 Å². The highest BCUT2D eigenvalue weighted by Crippen LogP contribution is 2.26. The van der Waals surface area contributed by atoms with Gasteiger partial charge in [-0.3, -0.25) is 38.4 Å². The van der Waals surface area contributed by atoms with Gasteiger partial charge in [-0.2, -0.15) is 0 Å². The lowest BCUT2D eigenvalue weighted by Gasteiger charge is -2.32. The lowest BCUT2D eigenvalue weighted by molar-refractivity contribution is -0.143. The van der Waals surface area contributed by atoms with E-state index in [2.05, 4.69) is 37.2 Å². The molecule has 8 amide bonds. The minimum atomic E-state index is -1.01. The van der Waals surface area contributed by atoms with E-state index >= 15 is 0 Å². The quantitative estimate of drug-likeness (QED) is 0.0674. The number of hydrogen-bond acceptors (Lipinski definition) is 10. The van der Waals surface area contributed by atoms with Crippen molar-refractivity contribution in [2.75, 3.05) is 27.2 Å². The van der Waals surface area contributed by atoms with Gasteiger partial charge in [0, 0.05) is 44.4 Å². The minimum absolute atomic E-state index is 0.0370. The zero-order chi connectivity index (χ0) is 51.1. The molecule has 2 aromatic rings. The Morgan fingerprint density at radius 3 is 1.35 bits per heavy atom. The van der Waals surface area contributed by atoms with Gasteiger partial charge in [-0.05, 0) is 82.3 Å². The summed E-state index contributed by atoms with van der Waals surface area (Å²) in [5.41, 5.74) is 1.71. The maximum atomic E-state index is 14.4. The van der Waals surface area contributed by atoms with E-state index in [0.717, 1.165) is 23.3 Å². The number of nitrogens with one attached hydrogen (secondary N) is 7. The second-order valence-electron chi connectivity index (χ2n) is 18.5. The topological polar surface area (TPSA) is 230 Å². The van der Waals surface area contributed by atoms with Crippen LogP contribution in [0, 0.1) is 11.8 Å². The van der Waals surface area contributed by atoms with Crippen molar-refractivity contribution in [3.63, 3.8) is 0 Å². The van der Waals surface area contributed by atoms with Crippen molar-refractivity contribution in [2.24, 2.45) is 11.8 Å². The molecule has 7 N–H and O–H groups in total. The Morgan fingerprint density at radius 1 is 0.623 bits per heavy atom. The first-order chi connectivity index (χ1) is 32.7. The molecule has 0 bridgehead atoms. The molecule has 2 aromatic carbocycles. The summed E-state index contributed by atoms with van der Waals surface area (Å²) in [5, 5.41) is 20.3. The summed E-state index contributed by atoms with van der Waals surface area (Å²) in [6.45, 7) is 14.3. The number of carbonyl (C=O) groups excluding carboxylic acids is 8. The molecular formula is C50H73ClN10O8. The number of hydrogen-bond donors (Lipinski definition) is 7. The standard InChI is InChI=1S/C50H73ClN10O8/c1-11-29(3)43(57-45(64)33(7)52-9)49(68)60-27-37(25-39(60)47(66)53-31(5)35-19-15-13-16-20-35)55-41(62)23-24-42(63)56-38-26-40(48(67)54-32(6)36-21-17-14-18-22-36)61(28-38)50(69)44(30(4)12-2)58-46(65)34(8)59(10)51/h13-24,29-34,37-40,43-44,52H,11-12,25-28H2,1-10H3,(H,53,66)(H,54,67)(H,55,62)(H,56,63)(H,57,64)(H,58,65)/b24-23+/t29-,30-,31+,32+,33-,34-,37-,38-,39-,40-,43-,44-/m0/s1. The molecule has 2 heterocycles. The van der Waals surface area contributed by atoms with Crippen LogP contribution in [0.4, 0.5) is 0 Å². The second kappa shape index (κ2) is 26.2. The number of benzene rings is 2. The van der Waals surface area contributed by atoms with Gasteiger partial charge in [-0.15, -0.1) is 0 Å². The van der Waals surface area contributed by atoms with Gasteiger partial charge in [-0.1, -0.05) is 101 Å². The normalized spacial score (nSPS) is 21.5. The third-order valence-electron chi connectivity index (χ3n) is 13.5. The predicted molar refractivity (Wildman–Crippen MR) is 264 cm³/mol. The summed E-state index contributed by atoms with van der Waals surface area (Å²) in [7, 11) is 3.17. The molecule has 2 aliphatic heterocycles. The maximum absolute atomic E-state index is 14.4. The van der Waals surface area contributed by atoms with E-state index in [0.29, 0.717) is 12.8 Å². The van der Waals surface area contributed by atoms with Gasteiger partial charge >= 0.3 is 0 Å².